The molecule has 0 spiro atoms. The molecule has 0 fully saturated rings. The fraction of sp³-hybridized carbons (Fsp3) is 0. The van der Waals surface area contributed by atoms with E-state index in [0.29, 0.717) is 5.82 Å². The van der Waals surface area contributed by atoms with Crippen LogP contribution in [0.3, 0.4) is 0 Å². The molecule has 0 radical (unpaired) electrons. The number of rotatable bonds is 8. The number of para-hydroxylation sites is 7. The summed E-state index contributed by atoms with van der Waals surface area (Å²) in [5.74, 6) is 0.651. The van der Waals surface area contributed by atoms with E-state index in [1.54, 1.807) is 0 Å². The van der Waals surface area contributed by atoms with Crippen molar-refractivity contribution in [1.82, 2.24) is 28.2 Å². The molecule has 0 atom stereocenters. The van der Waals surface area contributed by atoms with Gasteiger partial charge in [0, 0.05) is 82.3 Å². The van der Waals surface area contributed by atoms with Gasteiger partial charge in [-0.2, -0.15) is 0 Å². The van der Waals surface area contributed by atoms with Crippen molar-refractivity contribution in [3.8, 4) is 67.8 Å². The summed E-state index contributed by atoms with van der Waals surface area (Å²) in [7, 11) is 0. The number of nitrogens with zero attached hydrogens (tertiary/aromatic N) is 6. The molecule has 0 aliphatic rings. The van der Waals surface area contributed by atoms with Crippen LogP contribution in [0.15, 0.2) is 291 Å². The molecule has 12 aromatic carbocycles. The standard InChI is InChI=1S/C76H48N6/c1-3-21-49(22-4-1)64-48-65(50-23-5-2-6-24-50)78-76(77-64)51-39-42-73(82-72-38-20-13-31-60(72)63-47-53(41-44-75(63)82)80-68-34-16-9-27-56(68)57-28-10-17-35-69(57)80)61(45-51)58-29-11-18-36-70(58)81-71-37-19-12-30-59(71)62-46-52(40-43-74(62)81)79-66-32-14-7-25-54(66)55-26-8-15-33-67(55)79/h1-48H. The molecule has 5 heterocycles. The third kappa shape index (κ3) is 7.01. The first kappa shape index (κ1) is 45.9. The van der Waals surface area contributed by atoms with Gasteiger partial charge in [-0.05, 0) is 103 Å². The van der Waals surface area contributed by atoms with E-state index in [0.717, 1.165) is 84.0 Å². The number of benzene rings is 12. The fourth-order valence-electron chi connectivity index (χ4n) is 13.2. The lowest BCUT2D eigenvalue weighted by Gasteiger charge is -2.20. The van der Waals surface area contributed by atoms with E-state index >= 15 is 0 Å². The van der Waals surface area contributed by atoms with Gasteiger partial charge >= 0.3 is 0 Å². The molecule has 0 amide bonds. The summed E-state index contributed by atoms with van der Waals surface area (Å²) in [6.07, 6.45) is 0. The summed E-state index contributed by atoms with van der Waals surface area (Å²) < 4.78 is 9.77. The summed E-state index contributed by atoms with van der Waals surface area (Å²) in [6.45, 7) is 0. The van der Waals surface area contributed by atoms with Crippen LogP contribution in [0.25, 0.3) is 155 Å². The molecule has 82 heavy (non-hydrogen) atoms. The number of hydrogen-bond donors (Lipinski definition) is 0. The third-order valence-corrected chi connectivity index (χ3v) is 16.8. The Morgan fingerprint density at radius 2 is 0.549 bits per heavy atom. The van der Waals surface area contributed by atoms with E-state index in [4.69, 9.17) is 9.97 Å². The zero-order chi connectivity index (χ0) is 53.8. The van der Waals surface area contributed by atoms with Crippen molar-refractivity contribution in [1.29, 1.82) is 0 Å². The maximum atomic E-state index is 5.40. The van der Waals surface area contributed by atoms with Gasteiger partial charge < -0.3 is 18.3 Å². The minimum Gasteiger partial charge on any atom is -0.309 e. The smallest absolute Gasteiger partial charge is 0.160 e. The first-order valence-electron chi connectivity index (χ1n) is 28.0. The Morgan fingerprint density at radius 1 is 0.207 bits per heavy atom. The maximum Gasteiger partial charge on any atom is 0.160 e. The summed E-state index contributed by atoms with van der Waals surface area (Å²) in [6, 6.07) is 105. The fourth-order valence-corrected chi connectivity index (χ4v) is 13.2. The summed E-state index contributed by atoms with van der Waals surface area (Å²) in [4.78, 5) is 10.8. The molecular formula is C76H48N6. The van der Waals surface area contributed by atoms with Crippen molar-refractivity contribution in [2.75, 3.05) is 0 Å². The van der Waals surface area contributed by atoms with Gasteiger partial charge in [-0.3, -0.25) is 0 Å². The number of hydrogen-bond acceptors (Lipinski definition) is 2. The molecule has 17 rings (SSSR count). The van der Waals surface area contributed by atoms with Crippen molar-refractivity contribution < 1.29 is 0 Å². The van der Waals surface area contributed by atoms with Crippen LogP contribution in [-0.4, -0.2) is 28.2 Å². The molecule has 0 aliphatic carbocycles. The minimum atomic E-state index is 0.651. The number of aromatic nitrogens is 6. The molecule has 5 aromatic heterocycles. The van der Waals surface area contributed by atoms with Crippen LogP contribution in [0.4, 0.5) is 0 Å². The van der Waals surface area contributed by atoms with E-state index in [2.05, 4.69) is 297 Å². The monoisotopic (exact) mass is 1040 g/mol. The molecule has 0 saturated heterocycles. The molecular weight excluding hydrogens is 997 g/mol. The normalized spacial score (nSPS) is 11.9. The zero-order valence-corrected chi connectivity index (χ0v) is 44.4. The van der Waals surface area contributed by atoms with Gasteiger partial charge in [0.2, 0.25) is 0 Å². The molecule has 6 heteroatoms. The van der Waals surface area contributed by atoms with Crippen LogP contribution in [-0.2, 0) is 0 Å². The van der Waals surface area contributed by atoms with Crippen LogP contribution < -0.4 is 0 Å². The Labute approximate surface area is 471 Å². The molecule has 0 saturated carbocycles. The van der Waals surface area contributed by atoms with Gasteiger partial charge in [-0.1, -0.05) is 188 Å². The Kier molecular flexibility index (Phi) is 10.2. The summed E-state index contributed by atoms with van der Waals surface area (Å²) in [5, 5.41) is 9.68. The van der Waals surface area contributed by atoms with E-state index in [-0.39, 0.29) is 0 Å². The average molecular weight is 1050 g/mol. The molecule has 0 N–H and O–H groups in total. The SMILES string of the molecule is c1ccc(-c2cc(-c3ccccc3)nc(-c3ccc(-n4c5ccccc5c5cc(-n6c7ccccc7c7ccccc76)ccc54)c(-c4ccccc4-n4c5ccccc5c5cc(-n6c7ccccc7c7ccccc76)ccc54)c3)n2)cc1. The predicted molar refractivity (Wildman–Crippen MR) is 341 cm³/mol. The first-order valence-corrected chi connectivity index (χ1v) is 28.0. The van der Waals surface area contributed by atoms with E-state index in [1.165, 1.54) is 65.2 Å². The highest BCUT2D eigenvalue weighted by Crippen LogP contribution is 2.44. The lowest BCUT2D eigenvalue weighted by Crippen LogP contribution is -2.03. The number of fused-ring (bicyclic) bond motifs is 12. The summed E-state index contributed by atoms with van der Waals surface area (Å²) in [5.41, 5.74) is 20.4. The van der Waals surface area contributed by atoms with Gasteiger partial charge in [-0.25, -0.2) is 9.97 Å². The molecule has 6 nitrogen and oxygen atoms in total. The Morgan fingerprint density at radius 3 is 0.988 bits per heavy atom. The van der Waals surface area contributed by atoms with Crippen molar-refractivity contribution in [3.63, 3.8) is 0 Å². The quantitative estimate of drug-likeness (QED) is 0.152. The van der Waals surface area contributed by atoms with Gasteiger partial charge in [0.25, 0.3) is 0 Å². The highest BCUT2D eigenvalue weighted by molar-refractivity contribution is 6.15. The largest absolute Gasteiger partial charge is 0.309 e. The highest BCUT2D eigenvalue weighted by atomic mass is 15.0. The first-order chi connectivity index (χ1) is 40.7. The Hall–Kier alpha value is -11.1. The molecule has 0 bridgehead atoms. The van der Waals surface area contributed by atoms with Crippen molar-refractivity contribution in [2.45, 2.75) is 0 Å². The van der Waals surface area contributed by atoms with Crippen LogP contribution in [0.5, 0.6) is 0 Å². The van der Waals surface area contributed by atoms with Crippen LogP contribution >= 0.6 is 0 Å². The second-order valence-electron chi connectivity index (χ2n) is 21.3. The molecule has 382 valence electrons. The Balaban J connectivity index is 0.922. The second kappa shape index (κ2) is 18.2. The Bertz CT molecular complexity index is 5240. The topological polar surface area (TPSA) is 45.5 Å². The lowest BCUT2D eigenvalue weighted by atomic mass is 9.97. The van der Waals surface area contributed by atoms with E-state index < -0.39 is 0 Å². The van der Waals surface area contributed by atoms with Crippen LogP contribution in [0, 0.1) is 0 Å². The molecule has 0 aliphatic heterocycles. The zero-order valence-electron chi connectivity index (χ0n) is 44.4. The van der Waals surface area contributed by atoms with Gasteiger partial charge in [0.1, 0.15) is 0 Å². The summed E-state index contributed by atoms with van der Waals surface area (Å²) >= 11 is 0. The van der Waals surface area contributed by atoms with Gasteiger partial charge in [-0.15, -0.1) is 0 Å². The van der Waals surface area contributed by atoms with Crippen molar-refractivity contribution in [3.05, 3.63) is 291 Å². The van der Waals surface area contributed by atoms with Gasteiger partial charge in [0.15, 0.2) is 5.82 Å². The van der Waals surface area contributed by atoms with Crippen molar-refractivity contribution in [2.24, 2.45) is 0 Å². The van der Waals surface area contributed by atoms with Crippen molar-refractivity contribution >= 4 is 87.2 Å². The third-order valence-electron chi connectivity index (χ3n) is 16.8. The minimum absolute atomic E-state index is 0.651. The average Bonchev–Trinajstić information content (AvgIpc) is 4.42. The lowest BCUT2D eigenvalue weighted by molar-refractivity contribution is 1.15. The van der Waals surface area contributed by atoms with E-state index in [9.17, 15) is 0 Å². The molecule has 17 aromatic rings. The predicted octanol–water partition coefficient (Wildman–Crippen LogP) is 19.5. The second-order valence-corrected chi connectivity index (χ2v) is 21.3. The maximum absolute atomic E-state index is 5.40. The van der Waals surface area contributed by atoms with Crippen LogP contribution in [0.1, 0.15) is 0 Å². The highest BCUT2D eigenvalue weighted by Gasteiger charge is 2.24. The molecule has 0 unspecified atom stereocenters. The van der Waals surface area contributed by atoms with E-state index in [1.807, 2.05) is 12.1 Å². The van der Waals surface area contributed by atoms with Crippen LogP contribution in [0.2, 0.25) is 0 Å². The van der Waals surface area contributed by atoms with Gasteiger partial charge in [0.05, 0.1) is 66.9 Å².